The van der Waals surface area contributed by atoms with Gasteiger partial charge in [-0.15, -0.1) is 0 Å². The molecule has 1 fully saturated rings. The maximum absolute atomic E-state index is 13.4. The van der Waals surface area contributed by atoms with E-state index in [1.165, 1.54) is 0 Å². The molecule has 1 atom stereocenters. The Kier molecular flexibility index (Phi) is 4.94. The van der Waals surface area contributed by atoms with Crippen LogP contribution in [-0.2, 0) is 0 Å². The number of amides is 1. The van der Waals surface area contributed by atoms with E-state index in [9.17, 15) is 4.79 Å². The van der Waals surface area contributed by atoms with Crippen LogP contribution < -0.4 is 5.32 Å². The maximum Gasteiger partial charge on any atom is 0.252 e. The molecule has 7 heteroatoms. The minimum absolute atomic E-state index is 0.0608. The molecular weight excluding hydrogens is 390 g/mol. The Labute approximate surface area is 179 Å². The Morgan fingerprint density at radius 1 is 1.10 bits per heavy atom. The van der Waals surface area contributed by atoms with Crippen LogP contribution in [0.2, 0.25) is 0 Å². The lowest BCUT2D eigenvalue weighted by Crippen LogP contribution is -2.32. The molecule has 0 bridgehead atoms. The number of hydrogen-bond acceptors (Lipinski definition) is 6. The molecule has 1 saturated carbocycles. The van der Waals surface area contributed by atoms with Gasteiger partial charge in [-0.2, -0.15) is 4.98 Å². The van der Waals surface area contributed by atoms with Gasteiger partial charge in [-0.3, -0.25) is 14.8 Å². The van der Waals surface area contributed by atoms with Crippen LogP contribution in [0.25, 0.3) is 22.3 Å². The van der Waals surface area contributed by atoms with E-state index in [2.05, 4.69) is 20.4 Å². The highest BCUT2D eigenvalue weighted by molar-refractivity contribution is 6.06. The predicted octanol–water partition coefficient (Wildman–Crippen LogP) is 4.68. The summed E-state index contributed by atoms with van der Waals surface area (Å²) in [6.45, 7) is 4.03. The number of fused-ring (bicyclic) bond motifs is 1. The van der Waals surface area contributed by atoms with Gasteiger partial charge in [0.05, 0.1) is 11.1 Å². The second-order valence-electron chi connectivity index (χ2n) is 8.27. The molecule has 3 aromatic heterocycles. The molecule has 156 valence electrons. The Hall–Kier alpha value is -3.61. The molecule has 0 saturated heterocycles. The smallest absolute Gasteiger partial charge is 0.252 e. The SMILES string of the molecule is CC(C)C(NC(=O)c1cc(C2CC2)nc2ccccc12)c1nc(-c2ccncc2)no1. The zero-order valence-electron chi connectivity index (χ0n) is 17.4. The normalized spacial score (nSPS) is 14.7. The lowest BCUT2D eigenvalue weighted by atomic mass is 10.0. The van der Waals surface area contributed by atoms with Crippen molar-refractivity contribution in [2.24, 2.45) is 5.92 Å². The second-order valence-corrected chi connectivity index (χ2v) is 8.27. The average Bonchev–Trinajstić information content (AvgIpc) is 3.54. The molecule has 5 rings (SSSR count). The number of benzene rings is 1. The lowest BCUT2D eigenvalue weighted by molar-refractivity contribution is 0.0915. The van der Waals surface area contributed by atoms with Gasteiger partial charge in [-0.25, -0.2) is 0 Å². The molecule has 7 nitrogen and oxygen atoms in total. The number of nitrogens with one attached hydrogen (secondary N) is 1. The van der Waals surface area contributed by atoms with Crippen LogP contribution in [0.15, 0.2) is 59.4 Å². The third-order valence-corrected chi connectivity index (χ3v) is 5.58. The number of carbonyl (C=O) groups excluding carboxylic acids is 1. The van der Waals surface area contributed by atoms with Crippen molar-refractivity contribution >= 4 is 16.8 Å². The van der Waals surface area contributed by atoms with Crippen LogP contribution in [0.1, 0.15) is 60.6 Å². The maximum atomic E-state index is 13.4. The van der Waals surface area contributed by atoms with Crippen molar-refractivity contribution in [3.63, 3.8) is 0 Å². The third-order valence-electron chi connectivity index (χ3n) is 5.58. The van der Waals surface area contributed by atoms with Crippen LogP contribution in [0.4, 0.5) is 0 Å². The molecule has 3 heterocycles. The summed E-state index contributed by atoms with van der Waals surface area (Å²) in [5, 5.41) is 8.05. The van der Waals surface area contributed by atoms with Crippen molar-refractivity contribution in [3.05, 3.63) is 72.0 Å². The first kappa shape index (κ1) is 19.4. The Bertz CT molecular complexity index is 1230. The summed E-state index contributed by atoms with van der Waals surface area (Å²) >= 11 is 0. The topological polar surface area (TPSA) is 93.8 Å². The summed E-state index contributed by atoms with van der Waals surface area (Å²) in [4.78, 5) is 26.7. The molecule has 31 heavy (non-hydrogen) atoms. The summed E-state index contributed by atoms with van der Waals surface area (Å²) in [5.41, 5.74) is 3.28. The van der Waals surface area contributed by atoms with Crippen molar-refractivity contribution in [1.82, 2.24) is 25.4 Å². The van der Waals surface area contributed by atoms with Gasteiger partial charge in [0, 0.05) is 35.0 Å². The van der Waals surface area contributed by atoms with Crippen molar-refractivity contribution in [2.75, 3.05) is 0 Å². The van der Waals surface area contributed by atoms with Crippen molar-refractivity contribution in [2.45, 2.75) is 38.6 Å². The summed E-state index contributed by atoms with van der Waals surface area (Å²) < 4.78 is 5.53. The predicted molar refractivity (Wildman–Crippen MR) is 116 cm³/mol. The van der Waals surface area contributed by atoms with Crippen LogP contribution in [0, 0.1) is 5.92 Å². The second kappa shape index (κ2) is 7.91. The summed E-state index contributed by atoms with van der Waals surface area (Å²) in [6.07, 6.45) is 5.61. The van der Waals surface area contributed by atoms with E-state index < -0.39 is 6.04 Å². The quantitative estimate of drug-likeness (QED) is 0.493. The molecule has 4 aromatic rings. The average molecular weight is 413 g/mol. The Morgan fingerprint density at radius 3 is 2.61 bits per heavy atom. The summed E-state index contributed by atoms with van der Waals surface area (Å²) in [7, 11) is 0. The first-order chi connectivity index (χ1) is 15.1. The zero-order valence-corrected chi connectivity index (χ0v) is 17.4. The van der Waals surface area contributed by atoms with Crippen LogP contribution >= 0.6 is 0 Å². The lowest BCUT2D eigenvalue weighted by Gasteiger charge is -2.19. The largest absolute Gasteiger partial charge is 0.340 e. The molecule has 1 aliphatic rings. The van der Waals surface area contributed by atoms with E-state index in [1.807, 2.05) is 56.3 Å². The standard InChI is InChI=1S/C24H23N5O2/c1-14(2)21(24-28-22(29-31-24)16-9-11-25-12-10-16)27-23(30)18-13-20(15-7-8-15)26-19-6-4-3-5-17(18)19/h3-6,9-15,21H,7-8H2,1-2H3,(H,27,30). The van der Waals surface area contributed by atoms with Crippen molar-refractivity contribution in [3.8, 4) is 11.4 Å². The van der Waals surface area contributed by atoms with Gasteiger partial charge in [0.2, 0.25) is 11.7 Å². The first-order valence-electron chi connectivity index (χ1n) is 10.5. The van der Waals surface area contributed by atoms with Gasteiger partial charge in [0.25, 0.3) is 5.91 Å². The highest BCUT2D eigenvalue weighted by atomic mass is 16.5. The van der Waals surface area contributed by atoms with Gasteiger partial charge in [-0.05, 0) is 43.0 Å². The number of rotatable bonds is 6. The minimum Gasteiger partial charge on any atom is -0.340 e. The number of nitrogens with zero attached hydrogens (tertiary/aromatic N) is 4. The number of hydrogen-bond donors (Lipinski definition) is 1. The minimum atomic E-state index is -0.410. The molecule has 0 radical (unpaired) electrons. The molecule has 0 spiro atoms. The van der Waals surface area contributed by atoms with Crippen molar-refractivity contribution < 1.29 is 9.32 Å². The molecule has 0 aliphatic heterocycles. The van der Waals surface area contributed by atoms with Crippen LogP contribution in [-0.4, -0.2) is 26.0 Å². The third kappa shape index (κ3) is 3.91. The van der Waals surface area contributed by atoms with Crippen molar-refractivity contribution in [1.29, 1.82) is 0 Å². The Morgan fingerprint density at radius 2 is 1.87 bits per heavy atom. The van der Waals surface area contributed by atoms with E-state index in [-0.39, 0.29) is 11.8 Å². The van der Waals surface area contributed by atoms with E-state index in [1.54, 1.807) is 12.4 Å². The van der Waals surface area contributed by atoms with Gasteiger partial charge in [0.1, 0.15) is 6.04 Å². The highest BCUT2D eigenvalue weighted by Crippen LogP contribution is 2.40. The van der Waals surface area contributed by atoms with E-state index >= 15 is 0 Å². The molecule has 1 aromatic carbocycles. The molecule has 1 unspecified atom stereocenters. The molecular formula is C24H23N5O2. The number of carbonyl (C=O) groups is 1. The zero-order chi connectivity index (χ0) is 21.4. The molecule has 1 aliphatic carbocycles. The molecule has 1 N–H and O–H groups in total. The number of pyridine rings is 2. The van der Waals surface area contributed by atoms with E-state index in [4.69, 9.17) is 9.51 Å². The van der Waals surface area contributed by atoms with Gasteiger partial charge < -0.3 is 9.84 Å². The Balaban J connectivity index is 1.46. The van der Waals surface area contributed by atoms with Gasteiger partial charge >= 0.3 is 0 Å². The van der Waals surface area contributed by atoms with Crippen LogP contribution in [0.3, 0.4) is 0 Å². The molecule has 1 amide bonds. The fourth-order valence-corrected chi connectivity index (χ4v) is 3.68. The number of aromatic nitrogens is 4. The first-order valence-corrected chi connectivity index (χ1v) is 10.5. The fraction of sp³-hybridized carbons (Fsp3) is 0.292. The van der Waals surface area contributed by atoms with E-state index in [0.29, 0.717) is 23.2 Å². The summed E-state index contributed by atoms with van der Waals surface area (Å²) in [5.74, 6) is 1.21. The van der Waals surface area contributed by atoms with E-state index in [0.717, 1.165) is 35.0 Å². The highest BCUT2D eigenvalue weighted by Gasteiger charge is 2.29. The van der Waals surface area contributed by atoms with Gasteiger partial charge in [-0.1, -0.05) is 37.2 Å². The van der Waals surface area contributed by atoms with Crippen LogP contribution in [0.5, 0.6) is 0 Å². The fourth-order valence-electron chi connectivity index (χ4n) is 3.68. The van der Waals surface area contributed by atoms with Gasteiger partial charge in [0.15, 0.2) is 0 Å². The monoisotopic (exact) mass is 413 g/mol. The number of para-hydroxylation sites is 1. The summed E-state index contributed by atoms with van der Waals surface area (Å²) in [6, 6.07) is 12.9.